The van der Waals surface area contributed by atoms with Crippen molar-refractivity contribution in [2.24, 2.45) is 33.7 Å². The van der Waals surface area contributed by atoms with E-state index in [0.29, 0.717) is 49.9 Å². The average molecular weight is 1090 g/mol. The van der Waals surface area contributed by atoms with Crippen molar-refractivity contribution in [3.63, 3.8) is 0 Å². The number of ketones is 1. The standard InChI is InChI=1S/C45H60N4O10.C12H17FN2.C2H6.CH4O/c1-24(2)23-49-18-16-45(17-19-49)47-35-32-33-39(53)29(7)41-34(32)42(55)44(8,59-41)57-21-11-14-30(58-31(51)15-10-20-50)28(6)38(52)27(5)22-25(3)12-9-13-26(4)43(56)46-37(40(33)54)36(35)48-45;1-14-7-2-8-15(10-9-14)12-5-3-11(13)4-6-12;2*1-2/h9,12-13,20,24-25,27-28,30,38,52-54H,10-11,14-19,21-23H2,1-8H3,(H,46,56);3-6H,2,7-10H2,1H3;1-2H3;2H,1H3/b12-9+,26-13-;;;/t25?,27-,28+,30?,38?,44?;;;/m1.../s1. The van der Waals surface area contributed by atoms with Crippen LogP contribution in [0.4, 0.5) is 15.8 Å². The number of nitrogens with one attached hydrogen (secondary N) is 1. The van der Waals surface area contributed by atoms with Gasteiger partial charge in [-0.15, -0.1) is 0 Å². The van der Waals surface area contributed by atoms with E-state index in [1.807, 2.05) is 52.8 Å². The molecule has 3 aromatic carbocycles. The molecule has 1 spiro atoms. The molecule has 6 aliphatic rings. The van der Waals surface area contributed by atoms with Crippen LogP contribution in [0.3, 0.4) is 0 Å². The van der Waals surface area contributed by atoms with Crippen LogP contribution in [-0.2, 0) is 23.9 Å². The molecule has 0 aliphatic carbocycles. The normalized spacial score (nSPS) is 25.8. The summed E-state index contributed by atoms with van der Waals surface area (Å²) >= 11 is 0. The largest absolute Gasteiger partial charge is 0.507 e. The lowest BCUT2D eigenvalue weighted by atomic mass is 9.83. The molecule has 78 heavy (non-hydrogen) atoms. The maximum atomic E-state index is 14.6. The van der Waals surface area contributed by atoms with Gasteiger partial charge in [-0.3, -0.25) is 24.4 Å². The zero-order chi connectivity index (χ0) is 57.6. The van der Waals surface area contributed by atoms with Crippen LogP contribution in [0.25, 0.3) is 10.8 Å². The Bertz CT molecular complexity index is 2760. The maximum Gasteiger partial charge on any atom is 0.306 e. The number of aliphatic hydroxyl groups is 2. The monoisotopic (exact) mass is 1090 g/mol. The first-order valence-electron chi connectivity index (χ1n) is 27.9. The number of hydrogen-bond acceptors (Lipinski definition) is 16. The summed E-state index contributed by atoms with van der Waals surface area (Å²) in [6, 6.07) is 6.79. The molecule has 2 saturated heterocycles. The quantitative estimate of drug-likeness (QED) is 0.0861. The molecule has 1 amide bonds. The summed E-state index contributed by atoms with van der Waals surface area (Å²) < 4.78 is 31.1. The second-order valence-electron chi connectivity index (χ2n) is 21.7. The number of nitrogens with zero attached hydrogens (tertiary/aromatic N) is 5. The van der Waals surface area contributed by atoms with Crippen LogP contribution in [-0.4, -0.2) is 144 Å². The topological polar surface area (TPSA) is 223 Å². The van der Waals surface area contributed by atoms with Gasteiger partial charge >= 0.3 is 5.97 Å². The highest BCUT2D eigenvalue weighted by Gasteiger charge is 2.49. The SMILES string of the molecule is C/C1=C/C=C/C(C)C[C@@H](C)C(O)[C@@H](C)C(OC(=O)CCC=O)CCCOC2(C)Oc3c(C)c(O)c4c(O)c(c5c(c4c3C2=O)=NC2(CCN(CC(C)C)CC2)N=5)NC1=O.CC.CN1CCCN(c2ccc(F)cc2)CC1.CO. The summed E-state index contributed by atoms with van der Waals surface area (Å²) in [6.07, 6.45) is 7.94. The van der Waals surface area contributed by atoms with Crippen molar-refractivity contribution in [2.45, 2.75) is 144 Å². The van der Waals surface area contributed by atoms with Gasteiger partial charge in [0.1, 0.15) is 40.8 Å². The van der Waals surface area contributed by atoms with Crippen LogP contribution in [0, 0.1) is 36.4 Å². The lowest BCUT2D eigenvalue weighted by Crippen LogP contribution is -2.43. The number of anilines is 2. The number of hydrogen-bond donors (Lipinski definition) is 5. The number of phenols is 2. The van der Waals surface area contributed by atoms with Gasteiger partial charge in [-0.1, -0.05) is 66.7 Å². The fraction of sp³-hybridized carbons (Fsp3) is 0.600. The van der Waals surface area contributed by atoms with E-state index in [9.17, 15) is 38.9 Å². The van der Waals surface area contributed by atoms with E-state index in [1.54, 1.807) is 26.0 Å². The van der Waals surface area contributed by atoms with Crippen molar-refractivity contribution in [3.05, 3.63) is 75.7 Å². The highest BCUT2D eigenvalue weighted by Crippen LogP contribution is 2.50. The van der Waals surface area contributed by atoms with Crippen molar-refractivity contribution in [1.82, 2.24) is 9.80 Å². The summed E-state index contributed by atoms with van der Waals surface area (Å²) in [6.45, 7) is 25.5. The summed E-state index contributed by atoms with van der Waals surface area (Å²) in [5.41, 5.74) is 0.804. The number of aromatic hydroxyl groups is 2. The van der Waals surface area contributed by atoms with Crippen molar-refractivity contribution in [3.8, 4) is 17.2 Å². The Morgan fingerprint density at radius 2 is 1.62 bits per heavy atom. The van der Waals surface area contributed by atoms with Crippen LogP contribution in [0.15, 0.2) is 58.1 Å². The lowest BCUT2D eigenvalue weighted by Gasteiger charge is -2.36. The zero-order valence-corrected chi connectivity index (χ0v) is 48.2. The Hall–Kier alpha value is -5.79. The Balaban J connectivity index is 0.000000499. The highest BCUT2D eigenvalue weighted by atomic mass is 19.1. The second kappa shape index (κ2) is 28.4. The molecule has 6 atom stereocenters. The molecule has 6 aliphatic heterocycles. The van der Waals surface area contributed by atoms with E-state index in [1.165, 1.54) is 25.5 Å². The first-order valence-corrected chi connectivity index (χ1v) is 27.9. The van der Waals surface area contributed by atoms with Crippen LogP contribution in [0.2, 0.25) is 0 Å². The number of likely N-dealkylation sites (N-methyl/N-ethyl adjacent to an activating group) is 1. The van der Waals surface area contributed by atoms with Gasteiger partial charge in [-0.25, -0.2) is 4.39 Å². The summed E-state index contributed by atoms with van der Waals surface area (Å²) in [5.74, 6) is -4.50. The summed E-state index contributed by atoms with van der Waals surface area (Å²) in [7, 11) is 3.15. The number of halogens is 1. The number of carbonyl (C=O) groups is 4. The van der Waals surface area contributed by atoms with Crippen molar-refractivity contribution in [2.75, 3.05) is 76.8 Å². The minimum atomic E-state index is -1.84. The van der Waals surface area contributed by atoms with Gasteiger partial charge in [0.15, 0.2) is 11.4 Å². The first kappa shape index (κ1) is 63.0. The fourth-order valence-corrected chi connectivity index (χ4v) is 10.9. The average Bonchev–Trinajstić information content (AvgIpc) is 3.85. The molecular weight excluding hydrogens is 1000 g/mol. The van der Waals surface area contributed by atoms with Gasteiger partial charge < -0.3 is 59.4 Å². The number of likely N-dealkylation sites (tertiary alicyclic amines) is 1. The zero-order valence-electron chi connectivity index (χ0n) is 48.2. The minimum absolute atomic E-state index is 0.00333. The molecule has 17 nitrogen and oxygen atoms in total. The summed E-state index contributed by atoms with van der Waals surface area (Å²) in [5, 5.41) is 45.8. The van der Waals surface area contributed by atoms with Gasteiger partial charge in [0.05, 0.1) is 35.4 Å². The van der Waals surface area contributed by atoms with Gasteiger partial charge in [-0.05, 0) is 95.1 Å². The van der Waals surface area contributed by atoms with Crippen LogP contribution in [0.1, 0.15) is 130 Å². The number of piperidine rings is 1. The molecule has 6 heterocycles. The smallest absolute Gasteiger partial charge is 0.306 e. The van der Waals surface area contributed by atoms with Crippen LogP contribution < -0.4 is 25.7 Å². The van der Waals surface area contributed by atoms with Crippen LogP contribution in [0.5, 0.6) is 17.2 Å². The third kappa shape index (κ3) is 14.9. The maximum absolute atomic E-state index is 14.6. The molecule has 2 fully saturated rings. The number of rotatable bonds is 7. The molecule has 0 aromatic heterocycles. The van der Waals surface area contributed by atoms with Gasteiger partial charge in [0, 0.05) is 101 Å². The molecular formula is C60H87FN6O11. The number of amides is 1. The molecule has 0 radical (unpaired) electrons. The van der Waals surface area contributed by atoms with E-state index in [2.05, 4.69) is 40.9 Å². The first-order chi connectivity index (χ1) is 37.2. The number of fused-ring (bicyclic) bond motifs is 13. The number of Topliss-reactive ketones (excluding diaryl/α,β-unsaturated/α-hetero) is 1. The summed E-state index contributed by atoms with van der Waals surface area (Å²) in [4.78, 5) is 69.6. The van der Waals surface area contributed by atoms with Gasteiger partial charge in [-0.2, -0.15) is 0 Å². The number of phenolic OH excluding ortho intramolecular Hbond substituents is 2. The van der Waals surface area contributed by atoms with E-state index in [0.717, 1.165) is 58.6 Å². The number of aldehydes is 1. The van der Waals surface area contributed by atoms with E-state index in [4.69, 9.17) is 29.3 Å². The van der Waals surface area contributed by atoms with E-state index in [-0.39, 0.29) is 86.9 Å². The molecule has 5 bridgehead atoms. The van der Waals surface area contributed by atoms with E-state index < -0.39 is 53.0 Å². The Labute approximate surface area is 460 Å². The van der Waals surface area contributed by atoms with Crippen molar-refractivity contribution >= 4 is 46.1 Å². The minimum Gasteiger partial charge on any atom is -0.507 e. The molecule has 3 aromatic rings. The number of aliphatic hydroxyl groups excluding tert-OH is 2. The van der Waals surface area contributed by atoms with Crippen LogP contribution >= 0.6 is 0 Å². The Morgan fingerprint density at radius 1 is 0.949 bits per heavy atom. The third-order valence-corrected chi connectivity index (χ3v) is 15.2. The van der Waals surface area contributed by atoms with Crippen molar-refractivity contribution in [1.29, 1.82) is 0 Å². The second-order valence-corrected chi connectivity index (χ2v) is 21.7. The predicted molar refractivity (Wildman–Crippen MR) is 301 cm³/mol. The Kier molecular flexibility index (Phi) is 22.9. The number of ether oxygens (including phenoxy) is 3. The highest BCUT2D eigenvalue weighted by molar-refractivity contribution is 6.19. The molecule has 4 unspecified atom stereocenters. The van der Waals surface area contributed by atoms with E-state index >= 15 is 0 Å². The van der Waals surface area contributed by atoms with Gasteiger partial charge in [0.25, 0.3) is 11.7 Å². The molecule has 9 rings (SSSR count). The number of benzene rings is 3. The number of esters is 1. The Morgan fingerprint density at radius 3 is 2.27 bits per heavy atom. The molecule has 5 N–H and O–H groups in total. The van der Waals surface area contributed by atoms with Gasteiger partial charge in [0.2, 0.25) is 5.78 Å². The molecule has 430 valence electrons. The molecule has 18 heteroatoms. The number of carbonyl (C=O) groups excluding carboxylic acids is 4. The predicted octanol–water partition coefficient (Wildman–Crippen LogP) is 7.96. The van der Waals surface area contributed by atoms with Crippen molar-refractivity contribution < 1.29 is 58.2 Å². The third-order valence-electron chi connectivity index (χ3n) is 15.2. The lowest BCUT2D eigenvalue weighted by molar-refractivity contribution is -0.157. The fourth-order valence-electron chi connectivity index (χ4n) is 10.9. The number of allylic oxidation sites excluding steroid dienone is 3. The molecule has 0 saturated carbocycles.